The van der Waals surface area contributed by atoms with E-state index in [0.29, 0.717) is 57.0 Å². The molecule has 86 heavy (non-hydrogen) atoms. The summed E-state index contributed by atoms with van der Waals surface area (Å²) >= 11 is 0. The molecule has 16 nitrogen and oxygen atoms in total. The van der Waals surface area contributed by atoms with Crippen LogP contribution in [0.1, 0.15) is 22.3 Å². The Bertz CT molecular complexity index is 4550. The first-order chi connectivity index (χ1) is 40.8. The molecule has 0 aliphatic heterocycles. The molecule has 1 radical (unpaired) electrons. The fourth-order valence-electron chi connectivity index (χ4n) is 9.76. The normalized spacial score (nSPS) is 11.0. The van der Waals surface area contributed by atoms with Crippen LogP contribution in [-0.2, 0) is 0 Å². The molecule has 0 amide bonds. The molecule has 0 unspecified atom stereocenters. The molecule has 0 saturated heterocycles. The number of pyridine rings is 4. The number of H-pyrrole nitrogens is 4. The Morgan fingerprint density at radius 3 is 1.12 bits per heavy atom. The summed E-state index contributed by atoms with van der Waals surface area (Å²) in [5.74, 6) is 1.84. The number of oxazole rings is 4. The smallest absolute Gasteiger partial charge is 0.871 e. The molecular weight excluding hydrogens is 1250 g/mol. The van der Waals surface area contributed by atoms with E-state index < -0.39 is 0 Å². The van der Waals surface area contributed by atoms with Crippen LogP contribution in [0, 0.1) is 74.6 Å². The molecule has 0 aliphatic carbocycles. The predicted octanol–water partition coefficient (Wildman–Crippen LogP) is 8.38. The number of aromatic nitrogens is 8. The van der Waals surface area contributed by atoms with Crippen LogP contribution in [0.3, 0.4) is 0 Å². The van der Waals surface area contributed by atoms with Crippen molar-refractivity contribution in [3.8, 4) is 69.3 Å². The fraction of sp³-hybridized carbons (Fsp3) is 0.0588. The predicted molar refractivity (Wildman–Crippen MR) is 311 cm³/mol. The van der Waals surface area contributed by atoms with Gasteiger partial charge in [-0.3, -0.25) is 0 Å². The van der Waals surface area contributed by atoms with Gasteiger partial charge in [-0.1, -0.05) is 109 Å². The average Bonchev–Trinajstić information content (AvgIpc) is 4.38. The van der Waals surface area contributed by atoms with Gasteiger partial charge in [0.25, 0.3) is 0 Å². The van der Waals surface area contributed by atoms with E-state index in [1.54, 1.807) is 36.4 Å². The molecule has 8 aromatic heterocycles. The molecule has 0 spiro atoms. The van der Waals surface area contributed by atoms with Gasteiger partial charge in [0.2, 0.25) is 45.0 Å². The van der Waals surface area contributed by atoms with E-state index in [0.717, 1.165) is 99.6 Å². The van der Waals surface area contributed by atoms with Crippen molar-refractivity contribution < 1.29 is 135 Å². The molecule has 18 heteroatoms. The van der Waals surface area contributed by atoms with Crippen molar-refractivity contribution in [2.24, 2.45) is 0 Å². The Hall–Kier alpha value is -9.00. The van der Waals surface area contributed by atoms with Crippen LogP contribution in [0.25, 0.3) is 134 Å². The second kappa shape index (κ2) is 24.9. The molecular formula is C68H48N8NaO8Yb+4. The summed E-state index contributed by atoms with van der Waals surface area (Å²) in [6, 6.07) is 59.3. The number of fused-ring (bicyclic) bond motifs is 8. The molecule has 0 atom stereocenters. The second-order valence-electron chi connectivity index (χ2n) is 20.3. The van der Waals surface area contributed by atoms with Gasteiger partial charge < -0.3 is 38.1 Å². The zero-order chi connectivity index (χ0) is 57.6. The van der Waals surface area contributed by atoms with Gasteiger partial charge in [-0.15, -0.1) is 0 Å². The Morgan fingerprint density at radius 1 is 0.337 bits per heavy atom. The summed E-state index contributed by atoms with van der Waals surface area (Å²) in [4.78, 5) is 30.4. The fourth-order valence-corrected chi connectivity index (χ4v) is 9.76. The monoisotopic (exact) mass is 1300 g/mol. The summed E-state index contributed by atoms with van der Waals surface area (Å²) in [6.45, 7) is 8.04. The zero-order valence-electron chi connectivity index (χ0n) is 46.8. The minimum Gasteiger partial charge on any atom is -0.871 e. The number of hydrogen-bond acceptors (Lipinski definition) is 12. The molecule has 16 aromatic rings. The number of aryl methyl sites for hydroxylation is 4. The largest absolute Gasteiger partial charge is 3.00 e. The summed E-state index contributed by atoms with van der Waals surface area (Å²) < 4.78 is 23.2. The first-order valence-corrected chi connectivity index (χ1v) is 26.8. The minimum absolute atomic E-state index is 0. The number of aromatic amines is 4. The number of para-hydroxylation sites is 4. The third-order valence-corrected chi connectivity index (χ3v) is 14.1. The Morgan fingerprint density at radius 2 is 0.698 bits per heavy atom. The van der Waals surface area contributed by atoms with Crippen LogP contribution < -0.4 is 69.9 Å². The first-order valence-electron chi connectivity index (χ1n) is 26.8. The molecule has 419 valence electrons. The van der Waals surface area contributed by atoms with Crippen molar-refractivity contribution in [2.75, 3.05) is 0 Å². The molecule has 8 heterocycles. The summed E-state index contributed by atoms with van der Waals surface area (Å²) in [5, 5.41) is 51.0. The average molecular weight is 1300 g/mol. The van der Waals surface area contributed by atoms with Crippen molar-refractivity contribution in [1.82, 2.24) is 19.9 Å². The van der Waals surface area contributed by atoms with E-state index in [4.69, 9.17) is 17.7 Å². The maximum Gasteiger partial charge on any atom is 3.00 e. The van der Waals surface area contributed by atoms with Crippen molar-refractivity contribution in [2.45, 2.75) is 27.7 Å². The van der Waals surface area contributed by atoms with Gasteiger partial charge >= 0.3 is 99.7 Å². The van der Waals surface area contributed by atoms with Crippen molar-refractivity contribution in [1.29, 1.82) is 0 Å². The minimum atomic E-state index is -0.0960. The van der Waals surface area contributed by atoms with E-state index in [2.05, 4.69) is 39.9 Å². The van der Waals surface area contributed by atoms with Gasteiger partial charge in [-0.2, -0.15) is 19.9 Å². The molecule has 0 fully saturated rings. The van der Waals surface area contributed by atoms with E-state index in [1.807, 2.05) is 173 Å². The van der Waals surface area contributed by atoms with E-state index in [-0.39, 0.29) is 99.5 Å². The second-order valence-corrected chi connectivity index (χ2v) is 20.3. The topological polar surface area (TPSA) is 253 Å². The number of nitrogens with zero attached hydrogens (tertiary/aromatic N) is 4. The van der Waals surface area contributed by atoms with Gasteiger partial charge in [-0.05, 0) is 145 Å². The Kier molecular flexibility index (Phi) is 17.0. The quantitative estimate of drug-likeness (QED) is 0.151. The first kappa shape index (κ1) is 58.8. The Labute approximate surface area is 550 Å². The SMILES string of the molecule is Cc1ccc2[nH+]c(-c3ccc4cccc([O-])c4[nH+]3)oc2c1.Cc1ccc2[nH+]c(-c3ccc4cccc([O-])c4[nH+]3)oc2c1.Cc1ccc2nc(-c3ccc4cccc([O-])c4n3)oc2c1.Cc1ccc2nc(-c3ccc4cccc([O-])c4n3)oc2c1.[Na+].[Yb+3]. The molecule has 0 aliphatic rings. The van der Waals surface area contributed by atoms with Crippen LogP contribution >= 0.6 is 0 Å². The van der Waals surface area contributed by atoms with Gasteiger partial charge in [0.05, 0.1) is 11.0 Å². The maximum atomic E-state index is 11.9. The number of benzene rings is 8. The van der Waals surface area contributed by atoms with Crippen LogP contribution in [0.5, 0.6) is 23.0 Å². The summed E-state index contributed by atoms with van der Waals surface area (Å²) in [7, 11) is 0. The van der Waals surface area contributed by atoms with Crippen molar-refractivity contribution >= 4 is 88.0 Å². The van der Waals surface area contributed by atoms with Crippen LogP contribution in [-0.4, -0.2) is 19.9 Å². The van der Waals surface area contributed by atoms with E-state index >= 15 is 0 Å². The summed E-state index contributed by atoms with van der Waals surface area (Å²) in [6.07, 6.45) is 0. The van der Waals surface area contributed by atoms with Crippen LogP contribution in [0.4, 0.5) is 0 Å². The summed E-state index contributed by atoms with van der Waals surface area (Å²) in [5.41, 5.74) is 15.7. The van der Waals surface area contributed by atoms with Gasteiger partial charge in [-0.25, -0.2) is 19.9 Å². The number of hydrogen-bond donors (Lipinski definition) is 0. The van der Waals surface area contributed by atoms with E-state index in [1.165, 1.54) is 12.1 Å². The molecule has 0 saturated carbocycles. The van der Waals surface area contributed by atoms with Crippen molar-refractivity contribution in [3.05, 3.63) is 216 Å². The Balaban J connectivity index is 0.000000118. The third kappa shape index (κ3) is 12.3. The molecule has 8 aromatic carbocycles. The molecule has 16 rings (SSSR count). The third-order valence-electron chi connectivity index (χ3n) is 14.1. The molecule has 4 N–H and O–H groups in total. The number of rotatable bonds is 4. The number of nitrogens with one attached hydrogen (secondary N) is 4. The van der Waals surface area contributed by atoms with Gasteiger partial charge in [0, 0.05) is 35.0 Å². The molecule has 0 bridgehead atoms. The standard InChI is InChI=1S/4C17H12N2O2.Na.Yb/c4*1-10-5-7-12-15(9-10)21-17(19-12)13-8-6-11-3-2-4-14(20)16(11)18-13;;/h4*2-9,20H,1H3;;/q;;;;+1;+3. The van der Waals surface area contributed by atoms with E-state index in [9.17, 15) is 20.4 Å². The van der Waals surface area contributed by atoms with Crippen molar-refractivity contribution in [3.63, 3.8) is 0 Å². The zero-order valence-corrected chi connectivity index (χ0v) is 50.5. The van der Waals surface area contributed by atoms with Gasteiger partial charge in [0.1, 0.15) is 22.4 Å². The van der Waals surface area contributed by atoms with Crippen LogP contribution in [0.2, 0.25) is 0 Å². The van der Waals surface area contributed by atoms with Gasteiger partial charge in [0.15, 0.2) is 11.2 Å². The maximum absolute atomic E-state index is 11.9. The van der Waals surface area contributed by atoms with Crippen LogP contribution in [0.15, 0.2) is 212 Å².